The maximum Gasteiger partial charge on any atom is 0.489 e. The van der Waals surface area contributed by atoms with Crippen molar-refractivity contribution in [2.45, 2.75) is 0 Å². The van der Waals surface area contributed by atoms with E-state index >= 15 is 0 Å². The maximum atomic E-state index is 11.9. The van der Waals surface area contributed by atoms with Crippen molar-refractivity contribution < 1.29 is 52.2 Å². The molecule has 119 heavy (non-hydrogen) atoms. The van der Waals surface area contributed by atoms with Crippen LogP contribution in [0.3, 0.4) is 0 Å². The summed E-state index contributed by atoms with van der Waals surface area (Å²) in [4.78, 5) is 109. The number of rotatable bonds is 8. The monoisotopic (exact) mass is 1860 g/mol. The summed E-state index contributed by atoms with van der Waals surface area (Å²) < 4.78 is 25.3. The van der Waals surface area contributed by atoms with E-state index in [1.54, 1.807) is 109 Å². The number of fused-ring (bicyclic) bond motifs is 5. The van der Waals surface area contributed by atoms with Crippen molar-refractivity contribution in [3.63, 3.8) is 0 Å². The zero-order chi connectivity index (χ0) is 85.3. The van der Waals surface area contributed by atoms with Crippen molar-refractivity contribution in [2.75, 3.05) is 0 Å². The van der Waals surface area contributed by atoms with Crippen LogP contribution in [0, 0.1) is 0 Å². The Morgan fingerprint density at radius 3 is 1.13 bits per heavy atom. The average molecular weight is 1870 g/mol. The molecule has 0 aliphatic rings. The van der Waals surface area contributed by atoms with Crippen LogP contribution >= 0.6 is 132 Å². The molecular weight excluding hydrogens is 1820 g/mol. The predicted molar refractivity (Wildman–Crippen MR) is 463 cm³/mol. The van der Waals surface area contributed by atoms with Gasteiger partial charge >= 0.3 is 55.8 Å². The second-order valence-electron chi connectivity index (χ2n) is 23.7. The highest BCUT2D eigenvalue weighted by Gasteiger charge is 2.18. The molecule has 9 aromatic heterocycles. The van der Waals surface area contributed by atoms with E-state index in [-0.39, 0.29) is 31.6 Å². The summed E-state index contributed by atoms with van der Waals surface area (Å²) in [5, 5.41) is 55.8. The van der Waals surface area contributed by atoms with Gasteiger partial charge in [0.15, 0.2) is 27.9 Å². The smallest absolute Gasteiger partial charge is 0.423 e. The number of nitrogens with zero attached hydrogens (tertiary/aromatic N) is 7. The number of hydrogen-bond acceptors (Lipinski definition) is 24. The molecule has 9 aromatic carbocycles. The fourth-order valence-electron chi connectivity index (χ4n) is 10.4. The highest BCUT2D eigenvalue weighted by atomic mass is 79.9. The quantitative estimate of drug-likeness (QED) is 0.0382. The molecule has 0 radical (unpaired) electrons. The van der Waals surface area contributed by atoms with Crippen molar-refractivity contribution in [3.8, 4) is 56.3 Å². The number of halogens is 11. The molecule has 0 unspecified atom stereocenters. The number of H-pyrrole nitrogens is 6. The van der Waals surface area contributed by atoms with Crippen LogP contribution in [0.4, 0.5) is 0 Å². The van der Waals surface area contributed by atoms with Crippen LogP contribution in [0.15, 0.2) is 268 Å². The van der Waals surface area contributed by atoms with E-state index in [0.717, 1.165) is 21.2 Å². The number of nitrogens with one attached hydrogen (secondary N) is 6. The third-order valence-electron chi connectivity index (χ3n) is 15.7. The molecule has 600 valence electrons. The minimum atomic E-state index is -1.55. The largest absolute Gasteiger partial charge is 0.489 e. The van der Waals surface area contributed by atoms with Gasteiger partial charge in [-0.25, -0.2) is 58.7 Å². The topological polar surface area (TPSA) is 474 Å². The summed E-state index contributed by atoms with van der Waals surface area (Å²) >= 11 is 61.1. The van der Waals surface area contributed by atoms with Gasteiger partial charge in [-0.15, -0.1) is 0 Å². The minimum Gasteiger partial charge on any atom is -0.423 e. The van der Waals surface area contributed by atoms with Gasteiger partial charge in [0.2, 0.25) is 15.9 Å². The SMILES string of the molecule is Clc1cc(-c2ccccc2Cl)nc(Cl)n1.Clc1cc(Cl)nc(Cl)n1.O=c1[nH]c2cc(B(O)O)ccc2o1.O=c1[nH]c2cc(Br)ccc2o1.O=c1[nH]c2ccc(-c3cc(-c4ccccc4Cl)nc(Cl)n3)cc2o1.O=c1[nH]c2ccc(B(O)O)cc2o1.O=c1nc(-c2ccc3[nH]c(=O)oc3c2)cc(-c2ccccc2Cl)[nH]1.OB(O)c1ccccc1Cl. The van der Waals surface area contributed by atoms with Crippen molar-refractivity contribution in [2.24, 2.45) is 0 Å². The van der Waals surface area contributed by atoms with Crippen LogP contribution in [0.1, 0.15) is 0 Å². The summed E-state index contributed by atoms with van der Waals surface area (Å²) in [5.41, 5.74) is 12.0. The molecule has 18 aromatic rings. The van der Waals surface area contributed by atoms with Gasteiger partial charge < -0.3 is 57.2 Å². The first-order valence-electron chi connectivity index (χ1n) is 33.4. The van der Waals surface area contributed by atoms with Gasteiger partial charge in [-0.2, -0.15) is 4.98 Å². The molecule has 0 atom stereocenters. The molecule has 0 aliphatic heterocycles. The summed E-state index contributed by atoms with van der Waals surface area (Å²) in [6.07, 6.45) is 0. The lowest BCUT2D eigenvalue weighted by molar-refractivity contribution is 0.424. The summed E-state index contributed by atoms with van der Waals surface area (Å²) in [6.45, 7) is 0. The van der Waals surface area contributed by atoms with Gasteiger partial charge in [-0.3, -0.25) is 24.9 Å². The number of aromatic amines is 6. The van der Waals surface area contributed by atoms with E-state index in [1.165, 1.54) is 36.4 Å². The standard InChI is InChI=1S/C17H9Cl2N3O2.C17H10ClN3O3.C10H5Cl3N2.2C7H6BNO4.C7H4BrNO2.C6H6BClO2.C4HCl3N2/c18-11-4-2-1-3-10(11)14-8-13(20-16(19)21-14)9-5-6-12-15(7-9)24-17(23)22-12;18-11-4-2-1-3-10(11)14-8-13(19-16(22)20-14)9-5-6-12-15(7-9)24-17(23)21-12;11-7-4-2-1-3-6(7)8-5-9(12)15-10(13)14-8;10-7-9-5-3-4(8(11)12)1-2-6(5)13-7;10-7-9-5-2-1-4(8(11)12)3-6(5)13-7;8-4-1-2-6-5(3-4)9-7(10)11-6;8-6-4-2-1-3-5(6)7(9)10;5-2-1-3(6)9-4(7)8-2/h1-8H,(H,22,23);1-8H,(H,21,23)(H,19,20,22);1-5H;2*1-3,11-12H,(H,9,10);1-3H,(H,9,10);1-4,9-10H;1H. The van der Waals surface area contributed by atoms with Gasteiger partial charge in [-0.05, 0) is 149 Å². The average Bonchev–Trinajstić information content (AvgIpc) is 1.80. The zero-order valence-corrected chi connectivity index (χ0v) is 68.5. The van der Waals surface area contributed by atoms with Crippen LogP contribution < -0.4 is 50.9 Å². The third-order valence-corrected chi connectivity index (χ3v) is 18.6. The molecule has 0 amide bonds. The Balaban J connectivity index is 0.000000137. The highest BCUT2D eigenvalue weighted by molar-refractivity contribution is 9.10. The van der Waals surface area contributed by atoms with Crippen LogP contribution in [0.25, 0.3) is 112 Å². The molecule has 0 bridgehead atoms. The number of aromatic nitrogens is 13. The van der Waals surface area contributed by atoms with Crippen molar-refractivity contribution >= 4 is 225 Å². The molecule has 18 rings (SSSR count). The lowest BCUT2D eigenvalue weighted by Crippen LogP contribution is -2.30. The summed E-state index contributed by atoms with van der Waals surface area (Å²) in [6, 6.07) is 59.7. The van der Waals surface area contributed by atoms with Crippen LogP contribution in [0.5, 0.6) is 0 Å². The molecule has 0 spiro atoms. The summed E-state index contributed by atoms with van der Waals surface area (Å²) in [7, 11) is -4.57. The number of hydrogen-bond donors (Lipinski definition) is 12. The Morgan fingerprint density at radius 1 is 0.294 bits per heavy atom. The van der Waals surface area contributed by atoms with Gasteiger partial charge in [0.05, 0.1) is 56.1 Å². The van der Waals surface area contributed by atoms with E-state index in [0.29, 0.717) is 131 Å². The minimum absolute atomic E-state index is 0.0625. The van der Waals surface area contributed by atoms with Crippen molar-refractivity contribution in [3.05, 3.63) is 331 Å². The second kappa shape index (κ2) is 41.0. The first kappa shape index (κ1) is 88.6. The normalized spacial score (nSPS) is 10.6. The Kier molecular flexibility index (Phi) is 30.5. The van der Waals surface area contributed by atoms with E-state index in [2.05, 4.69) is 80.7 Å². The number of benzene rings is 9. The first-order chi connectivity index (χ1) is 56.8. The molecule has 9 heterocycles. The Hall–Kier alpha value is -11.2. The zero-order valence-electron chi connectivity index (χ0n) is 59.4. The highest BCUT2D eigenvalue weighted by Crippen LogP contribution is 2.33. The number of oxazole rings is 5. The molecule has 0 aliphatic carbocycles. The predicted octanol–water partition coefficient (Wildman–Crippen LogP) is 13.8. The van der Waals surface area contributed by atoms with Gasteiger partial charge in [-0.1, -0.05) is 194 Å². The van der Waals surface area contributed by atoms with Gasteiger partial charge in [0.1, 0.15) is 15.5 Å². The fraction of sp³-hybridized carbons (Fsp3) is 0. The first-order valence-corrected chi connectivity index (χ1v) is 38.0. The molecule has 0 fully saturated rings. The van der Waals surface area contributed by atoms with Crippen LogP contribution in [-0.2, 0) is 0 Å². The molecule has 44 heteroatoms. The van der Waals surface area contributed by atoms with Crippen LogP contribution in [0.2, 0.25) is 51.4 Å². The van der Waals surface area contributed by atoms with Gasteiger partial charge in [0.25, 0.3) is 0 Å². The molecule has 30 nitrogen and oxygen atoms in total. The Bertz CT molecular complexity index is 6880. The molecular formula is C75H47B3BrCl10N13O17. The Labute approximate surface area is 724 Å². The van der Waals surface area contributed by atoms with E-state index in [1.807, 2.05) is 66.7 Å². The van der Waals surface area contributed by atoms with E-state index in [4.69, 9.17) is 168 Å². The second-order valence-corrected chi connectivity index (χ2v) is 28.5. The molecule has 0 saturated carbocycles. The maximum absolute atomic E-state index is 11.9. The third kappa shape index (κ3) is 24.7. The summed E-state index contributed by atoms with van der Waals surface area (Å²) in [5.74, 6) is -2.56. The molecule has 12 N–H and O–H groups in total. The van der Waals surface area contributed by atoms with Gasteiger partial charge in [0, 0.05) is 70.0 Å². The lowest BCUT2D eigenvalue weighted by atomic mass is 9.80. The molecule has 0 saturated heterocycles. The fourth-order valence-corrected chi connectivity index (χ4v) is 13.0. The van der Waals surface area contributed by atoms with Crippen molar-refractivity contribution in [1.82, 2.24) is 64.8 Å². The Morgan fingerprint density at radius 2 is 0.664 bits per heavy atom. The van der Waals surface area contributed by atoms with Crippen molar-refractivity contribution in [1.29, 1.82) is 0 Å². The van der Waals surface area contributed by atoms with E-state index in [9.17, 15) is 28.8 Å². The lowest BCUT2D eigenvalue weighted by Gasteiger charge is -2.07. The van der Waals surface area contributed by atoms with Crippen LogP contribution in [-0.4, -0.2) is 116 Å². The van der Waals surface area contributed by atoms with E-state index < -0.39 is 55.8 Å².